The Bertz CT molecular complexity index is 2500. The highest BCUT2D eigenvalue weighted by atomic mass is 28.4. The fourth-order valence-corrected chi connectivity index (χ4v) is 12.2. The lowest BCUT2D eigenvalue weighted by molar-refractivity contribution is -0.146. The Labute approximate surface area is 332 Å². The summed E-state index contributed by atoms with van der Waals surface area (Å²) in [4.78, 5) is 44.1. The van der Waals surface area contributed by atoms with Crippen LogP contribution in [0.3, 0.4) is 0 Å². The van der Waals surface area contributed by atoms with Crippen molar-refractivity contribution in [2.24, 2.45) is 5.92 Å². The Morgan fingerprint density at radius 3 is 2.40 bits per heavy atom. The van der Waals surface area contributed by atoms with Gasteiger partial charge in [0.15, 0.2) is 13.9 Å². The van der Waals surface area contributed by atoms with Crippen LogP contribution in [-0.4, -0.2) is 64.8 Å². The normalized spacial score (nSPS) is 21.9. The van der Waals surface area contributed by atoms with E-state index in [4.69, 9.17) is 9.47 Å². The van der Waals surface area contributed by atoms with E-state index >= 15 is 4.79 Å². The number of carbonyl (C=O) groups is 2. The number of ether oxygens (including phenoxy) is 2. The van der Waals surface area contributed by atoms with Gasteiger partial charge >= 0.3 is 0 Å². The van der Waals surface area contributed by atoms with E-state index in [-0.39, 0.29) is 42.3 Å². The minimum Gasteiger partial charge on any atom is -0.497 e. The molecule has 1 spiro atoms. The van der Waals surface area contributed by atoms with Crippen LogP contribution in [0.1, 0.15) is 52.0 Å². The summed E-state index contributed by atoms with van der Waals surface area (Å²) in [6.45, 7) is 6.49. The van der Waals surface area contributed by atoms with Crippen LogP contribution in [0.25, 0.3) is 10.8 Å². The SMILES string of the molecule is COc1ccc2c(c1)[C@@]1(O[C@H](CCn3cc(C(CO)c4ccccc4)nn3)[C@@H]([Si](C)(C)O)[C@@H]1C)C(=O)N2Cc1ccc(N2C(=O)c3cccc4cccc2c34)cc1. The van der Waals surface area contributed by atoms with Crippen LogP contribution in [0, 0.1) is 5.92 Å². The van der Waals surface area contributed by atoms with E-state index in [0.29, 0.717) is 30.0 Å². The maximum absolute atomic E-state index is 15.1. The summed E-state index contributed by atoms with van der Waals surface area (Å²) in [5.74, 6) is -0.286. The van der Waals surface area contributed by atoms with Gasteiger partial charge in [-0.1, -0.05) is 78.9 Å². The average Bonchev–Trinajstić information content (AvgIpc) is 3.94. The predicted octanol–water partition coefficient (Wildman–Crippen LogP) is 7.29. The predicted molar refractivity (Wildman–Crippen MR) is 220 cm³/mol. The van der Waals surface area contributed by atoms with Crippen LogP contribution in [-0.2, 0) is 28.2 Å². The van der Waals surface area contributed by atoms with Crippen LogP contribution in [0.5, 0.6) is 5.75 Å². The maximum atomic E-state index is 15.1. The molecule has 3 aliphatic rings. The monoisotopic (exact) mass is 779 g/mol. The number of amides is 2. The van der Waals surface area contributed by atoms with Gasteiger partial charge in [0, 0.05) is 40.8 Å². The van der Waals surface area contributed by atoms with E-state index in [1.54, 1.807) is 21.6 Å². The number of carbonyl (C=O) groups excluding carboxylic acids is 2. The zero-order chi connectivity index (χ0) is 39.6. The number of methoxy groups -OCH3 is 1. The molecule has 5 atom stereocenters. The molecule has 3 aliphatic heterocycles. The summed E-state index contributed by atoms with van der Waals surface area (Å²) in [5.41, 5.74) is 4.66. The van der Waals surface area contributed by atoms with Crippen molar-refractivity contribution in [1.82, 2.24) is 15.0 Å². The lowest BCUT2D eigenvalue weighted by atomic mass is 9.82. The molecule has 5 aromatic carbocycles. The number of aryl methyl sites for hydroxylation is 1. The van der Waals surface area contributed by atoms with Crippen LogP contribution >= 0.6 is 0 Å². The number of anilines is 3. The summed E-state index contributed by atoms with van der Waals surface area (Å²) < 4.78 is 14.5. The average molecular weight is 780 g/mol. The summed E-state index contributed by atoms with van der Waals surface area (Å²) in [7, 11) is -1.31. The van der Waals surface area contributed by atoms with Gasteiger partial charge in [-0.15, -0.1) is 5.10 Å². The molecule has 2 amide bonds. The van der Waals surface area contributed by atoms with E-state index in [1.807, 2.05) is 135 Å². The highest BCUT2D eigenvalue weighted by Crippen LogP contribution is 2.60. The molecule has 11 nitrogen and oxygen atoms in total. The van der Waals surface area contributed by atoms with Crippen LogP contribution in [0.4, 0.5) is 17.1 Å². The molecule has 0 bridgehead atoms. The minimum atomic E-state index is -2.92. The number of aliphatic hydroxyl groups excluding tert-OH is 1. The molecule has 12 heteroatoms. The molecule has 4 heterocycles. The lowest BCUT2D eigenvalue weighted by Gasteiger charge is -2.32. The molecule has 0 radical (unpaired) electrons. The van der Waals surface area contributed by atoms with Crippen molar-refractivity contribution in [3.63, 3.8) is 0 Å². The standard InChI is InChI=1S/C45H45N5O6Si/c1-28-42(57(3,4)54)40(22-23-48-26-37(46-47-48)35(27-51)30-10-6-5-7-11-30)56-45(28)36-24-33(55-2)20-21-38(36)49(44(45)53)25-29-16-18-32(19-17-29)50-39-15-9-13-31-12-8-14-34(41(31)39)43(50)52/h5-21,24,26,28,35,40,42,51,54H,22-23,25,27H2,1-4H3/t28-,35?,40+,42-,45+/m0/s1. The number of benzene rings is 5. The van der Waals surface area contributed by atoms with Gasteiger partial charge < -0.3 is 24.3 Å². The third-order valence-corrected chi connectivity index (χ3v) is 14.7. The number of rotatable bonds is 11. The van der Waals surface area contributed by atoms with Crippen LogP contribution in [0.2, 0.25) is 18.6 Å². The Morgan fingerprint density at radius 2 is 1.68 bits per heavy atom. The quantitative estimate of drug-likeness (QED) is 0.131. The zero-order valence-electron chi connectivity index (χ0n) is 32.4. The Hall–Kier alpha value is -5.66. The summed E-state index contributed by atoms with van der Waals surface area (Å²) in [5, 5.41) is 21.0. The smallest absolute Gasteiger partial charge is 0.264 e. The van der Waals surface area contributed by atoms with E-state index in [1.165, 1.54) is 0 Å². The van der Waals surface area contributed by atoms with Crippen molar-refractivity contribution < 1.29 is 29.0 Å². The van der Waals surface area contributed by atoms with Gasteiger partial charge in [0.05, 0.1) is 54.9 Å². The van der Waals surface area contributed by atoms with Crippen molar-refractivity contribution in [3.05, 3.63) is 143 Å². The van der Waals surface area contributed by atoms with Gasteiger partial charge in [-0.05, 0) is 78.5 Å². The van der Waals surface area contributed by atoms with Gasteiger partial charge in [-0.3, -0.25) is 19.2 Å². The Balaban J connectivity index is 0.995. The third kappa shape index (κ3) is 5.97. The van der Waals surface area contributed by atoms with E-state index in [9.17, 15) is 14.7 Å². The van der Waals surface area contributed by atoms with Gasteiger partial charge in [-0.2, -0.15) is 0 Å². The fourth-order valence-electron chi connectivity index (χ4n) is 9.61. The van der Waals surface area contributed by atoms with E-state index in [0.717, 1.165) is 44.5 Å². The molecule has 1 unspecified atom stereocenters. The van der Waals surface area contributed by atoms with Gasteiger partial charge in [-0.25, -0.2) is 0 Å². The van der Waals surface area contributed by atoms with Crippen molar-refractivity contribution in [2.75, 3.05) is 23.5 Å². The van der Waals surface area contributed by atoms with Crippen molar-refractivity contribution in [2.45, 2.75) is 62.7 Å². The summed E-state index contributed by atoms with van der Waals surface area (Å²) in [6.07, 6.45) is 1.90. The molecule has 9 rings (SSSR count). The van der Waals surface area contributed by atoms with Crippen molar-refractivity contribution in [3.8, 4) is 5.75 Å². The molecule has 57 heavy (non-hydrogen) atoms. The van der Waals surface area contributed by atoms with E-state index < -0.39 is 20.0 Å². The fraction of sp³-hybridized carbons (Fsp3) is 0.289. The van der Waals surface area contributed by atoms with Crippen LogP contribution in [0.15, 0.2) is 115 Å². The highest BCUT2D eigenvalue weighted by Gasteiger charge is 2.66. The highest BCUT2D eigenvalue weighted by molar-refractivity contribution is 6.71. The van der Waals surface area contributed by atoms with Gasteiger partial charge in [0.2, 0.25) is 0 Å². The Morgan fingerprint density at radius 1 is 0.930 bits per heavy atom. The van der Waals surface area contributed by atoms with E-state index in [2.05, 4.69) is 10.3 Å². The van der Waals surface area contributed by atoms with Gasteiger partial charge in [0.1, 0.15) is 5.75 Å². The first kappa shape index (κ1) is 36.9. The maximum Gasteiger partial charge on any atom is 0.264 e. The molecule has 290 valence electrons. The first-order valence-corrected chi connectivity index (χ1v) is 22.5. The second kappa shape index (κ2) is 14.1. The molecule has 0 aliphatic carbocycles. The van der Waals surface area contributed by atoms with Crippen LogP contribution < -0.4 is 14.5 Å². The topological polar surface area (TPSA) is 130 Å². The molecule has 1 saturated heterocycles. The summed E-state index contributed by atoms with van der Waals surface area (Å²) in [6, 6.07) is 35.0. The summed E-state index contributed by atoms with van der Waals surface area (Å²) >= 11 is 0. The first-order chi connectivity index (χ1) is 27.5. The number of nitrogens with zero attached hydrogens (tertiary/aromatic N) is 5. The number of hydrogen-bond donors (Lipinski definition) is 2. The minimum absolute atomic E-state index is 0.0632. The molecule has 1 aromatic heterocycles. The number of fused-ring (bicyclic) bond motifs is 2. The zero-order valence-corrected chi connectivity index (χ0v) is 33.4. The number of aromatic nitrogens is 3. The largest absolute Gasteiger partial charge is 0.497 e. The first-order valence-electron chi connectivity index (χ1n) is 19.4. The number of aliphatic hydroxyl groups is 1. The lowest BCUT2D eigenvalue weighted by Crippen LogP contribution is -2.46. The molecule has 1 fully saturated rings. The third-order valence-electron chi connectivity index (χ3n) is 12.2. The second-order valence-corrected chi connectivity index (χ2v) is 19.9. The van der Waals surface area contributed by atoms with Crippen molar-refractivity contribution >= 4 is 48.0 Å². The number of hydrogen-bond acceptors (Lipinski definition) is 8. The molecule has 6 aromatic rings. The Kier molecular flexibility index (Phi) is 9.12. The second-order valence-electron chi connectivity index (χ2n) is 16.0. The molecule has 0 saturated carbocycles. The van der Waals surface area contributed by atoms with Gasteiger partial charge in [0.25, 0.3) is 11.8 Å². The molecule has 2 N–H and O–H groups in total. The molecular formula is C45H45N5O6Si. The van der Waals surface area contributed by atoms with Crippen molar-refractivity contribution in [1.29, 1.82) is 0 Å². The molecular weight excluding hydrogens is 735 g/mol.